The van der Waals surface area contributed by atoms with Crippen LogP contribution in [-0.4, -0.2) is 156 Å². The van der Waals surface area contributed by atoms with E-state index in [1.54, 1.807) is 49.5 Å². The molecule has 0 fully saturated rings. The number of unbranched alkanes of at least 4 members (excludes halogenated alkanes) is 1. The van der Waals surface area contributed by atoms with Gasteiger partial charge in [0, 0.05) is 104 Å². The molecule has 24 nitrogen and oxygen atoms in total. The van der Waals surface area contributed by atoms with Crippen LogP contribution in [0.3, 0.4) is 0 Å². The van der Waals surface area contributed by atoms with Gasteiger partial charge in [-0.3, -0.25) is 53.0 Å². The van der Waals surface area contributed by atoms with Crippen molar-refractivity contribution in [2.45, 2.75) is 77.4 Å². The number of carbonyl (C=O) groups is 9. The number of carbonyl (C=O) groups excluding carboxylic acids is 9. The molecule has 0 unspecified atom stereocenters. The number of rotatable bonds is 32. The quantitative estimate of drug-likeness (QED) is 0.0268. The Morgan fingerprint density at radius 1 is 0.419 bits per heavy atom. The minimum absolute atomic E-state index is 0.0319. The maximum atomic E-state index is 14.6. The fraction of sp³-hybridized carbons (Fsp3) is 0.272. The summed E-state index contributed by atoms with van der Waals surface area (Å²) in [6.45, 7) is 4.36. The largest absolute Gasteiger partial charge is 0.354 e. The van der Waals surface area contributed by atoms with E-state index in [0.29, 0.717) is 18.5 Å². The summed E-state index contributed by atoms with van der Waals surface area (Å²) in [7, 11) is 3.14. The number of nitrogens with zero attached hydrogens (tertiary/aromatic N) is 2. The number of amides is 9. The van der Waals surface area contributed by atoms with Crippen molar-refractivity contribution in [3.05, 3.63) is 261 Å². The second-order valence-electron chi connectivity index (χ2n) is 26.0. The number of nitrogens with one attached hydrogen (secondary N) is 12. The van der Waals surface area contributed by atoms with Gasteiger partial charge in [-0.2, -0.15) is 0 Å². The van der Waals surface area contributed by atoms with E-state index in [1.807, 2.05) is 80.6 Å². The summed E-state index contributed by atoms with van der Waals surface area (Å²) in [6, 6.07) is 59.3. The van der Waals surface area contributed by atoms with Crippen molar-refractivity contribution < 1.29 is 43.2 Å². The number of likely N-dealkylation sites (N-methyl/N-ethyl adjacent to an activating group) is 2. The van der Waals surface area contributed by atoms with Crippen molar-refractivity contribution in [1.29, 1.82) is 0 Å². The highest BCUT2D eigenvalue weighted by Crippen LogP contribution is 2.29. The van der Waals surface area contributed by atoms with Crippen LogP contribution >= 0.6 is 0 Å². The number of hydrogen-bond donors (Lipinski definition) is 13. The smallest absolute Gasteiger partial charge is 0.247 e. The molecule has 0 radical (unpaired) electrons. The van der Waals surface area contributed by atoms with Gasteiger partial charge in [-0.05, 0) is 154 Å². The Kier molecular flexibility index (Phi) is 26.5. The highest BCUT2D eigenvalue weighted by molar-refractivity contribution is 6.06. The first kappa shape index (κ1) is 75.7. The Morgan fingerprint density at radius 3 is 1.32 bits per heavy atom. The molecule has 14 N–H and O–H groups in total. The fourth-order valence-corrected chi connectivity index (χ4v) is 12.9. The molecule has 5 heterocycles. The first-order chi connectivity index (χ1) is 50.9. The van der Waals surface area contributed by atoms with Crippen LogP contribution < -0.4 is 74.6 Å². The lowest BCUT2D eigenvalue weighted by atomic mass is 10.0. The number of nitrogens with two attached hydrogens (primary N) is 1. The number of para-hydroxylation sites is 1. The molecule has 4 aromatic heterocycles. The molecule has 3 atom stereocenters. The Hall–Kier alpha value is -12.0. The average molecular weight is 1420 g/mol. The third kappa shape index (κ3) is 19.6. The molecule has 9 aromatic rings. The van der Waals surface area contributed by atoms with Crippen molar-refractivity contribution in [2.24, 2.45) is 11.7 Å². The molecular formula is C81H91N15O9. The van der Waals surface area contributed by atoms with Gasteiger partial charge < -0.3 is 68.2 Å². The molecule has 10 rings (SSSR count). The summed E-state index contributed by atoms with van der Waals surface area (Å²) < 4.78 is 0. The molecular weight excluding hydrogens is 1330 g/mol. The molecule has 1 aliphatic rings. The molecule has 0 spiro atoms. The highest BCUT2D eigenvalue weighted by Gasteiger charge is 2.36. The highest BCUT2D eigenvalue weighted by atomic mass is 16.2. The minimum Gasteiger partial charge on any atom is -0.354 e. The third-order valence-electron chi connectivity index (χ3n) is 17.9. The maximum Gasteiger partial charge on any atom is 0.247 e. The van der Waals surface area contributed by atoms with E-state index in [9.17, 15) is 43.2 Å². The molecule has 544 valence electrons. The number of aromatic nitrogens is 4. The third-order valence-corrected chi connectivity index (χ3v) is 17.9. The molecule has 0 aliphatic carbocycles. The monoisotopic (exact) mass is 1420 g/mol. The van der Waals surface area contributed by atoms with Crippen LogP contribution in [0.2, 0.25) is 0 Å². The number of anilines is 2. The van der Waals surface area contributed by atoms with E-state index in [1.165, 1.54) is 18.9 Å². The molecule has 0 saturated heterocycles. The predicted octanol–water partition coefficient (Wildman–Crippen LogP) is 3.73. The second-order valence-corrected chi connectivity index (χ2v) is 26.0. The summed E-state index contributed by atoms with van der Waals surface area (Å²) in [6.07, 6.45) is 0.0403. The zero-order valence-corrected chi connectivity index (χ0v) is 59.6. The minimum atomic E-state index is -1.44. The van der Waals surface area contributed by atoms with E-state index < -0.39 is 84.9 Å². The lowest BCUT2D eigenvalue weighted by molar-refractivity contribution is -0.152. The van der Waals surface area contributed by atoms with Crippen LogP contribution in [0, 0.1) is 5.92 Å². The number of hydrogen-bond acceptors (Lipinski definition) is 12. The van der Waals surface area contributed by atoms with E-state index in [4.69, 9.17) is 5.73 Å². The van der Waals surface area contributed by atoms with Gasteiger partial charge in [-0.1, -0.05) is 135 Å². The number of benzene rings is 5. The molecule has 0 saturated carbocycles. The van der Waals surface area contributed by atoms with Gasteiger partial charge >= 0.3 is 0 Å². The fourth-order valence-electron chi connectivity index (χ4n) is 12.9. The van der Waals surface area contributed by atoms with Gasteiger partial charge in [0.1, 0.15) is 18.1 Å². The summed E-state index contributed by atoms with van der Waals surface area (Å²) in [5.41, 5.74) is 17.7. The Bertz CT molecular complexity index is 4800. The van der Waals surface area contributed by atoms with Crippen molar-refractivity contribution in [2.75, 3.05) is 70.1 Å². The second kappa shape index (κ2) is 36.7. The van der Waals surface area contributed by atoms with E-state index in [2.05, 4.69) is 147 Å². The lowest BCUT2D eigenvalue weighted by Crippen LogP contribution is -2.57. The van der Waals surface area contributed by atoms with Gasteiger partial charge in [-0.25, -0.2) is 0 Å². The summed E-state index contributed by atoms with van der Waals surface area (Å²) in [5.74, 6) is -5.91. The average Bonchev–Trinajstić information content (AvgIpc) is 1.62. The van der Waals surface area contributed by atoms with Crippen LogP contribution in [0.25, 0.3) is 22.3 Å². The SMILES string of the molecule is CNCC(=O)NCCNC(=O)CNC(=O)[C@H](CC(C)C)NC(=O)[C@H](C)N(C(=O)CNC(=O)[C@H](CCCCN)N(C(=O)CCC(=O)Nc1ccc(C2=c3ccc([nH]3)=C(c3ccccc3)c3ccc([nH]3)C(c3ccccc3)=c3ccc([nH]3)=C(c3ccccc3)c3ccc2[nH]3)cc1)C(=O)CNC)c1ccccc1. The molecule has 5 aromatic carbocycles. The van der Waals surface area contributed by atoms with Crippen LogP contribution in [0.1, 0.15) is 104 Å². The Morgan fingerprint density at radius 2 is 0.867 bits per heavy atom. The van der Waals surface area contributed by atoms with Crippen molar-refractivity contribution in [1.82, 2.24) is 62.1 Å². The Balaban J connectivity index is 0.865. The lowest BCUT2D eigenvalue weighted by Gasteiger charge is -2.32. The van der Waals surface area contributed by atoms with Gasteiger partial charge in [0.15, 0.2) is 0 Å². The maximum absolute atomic E-state index is 14.6. The van der Waals surface area contributed by atoms with E-state index >= 15 is 0 Å². The van der Waals surface area contributed by atoms with Crippen LogP contribution in [-0.2, 0) is 43.2 Å². The number of fused-ring (bicyclic) bond motifs is 8. The van der Waals surface area contributed by atoms with E-state index in [0.717, 1.165) is 93.6 Å². The number of aromatic amines is 4. The van der Waals surface area contributed by atoms with E-state index in [-0.39, 0.29) is 69.5 Å². The van der Waals surface area contributed by atoms with Gasteiger partial charge in [-0.15, -0.1) is 0 Å². The number of H-pyrrole nitrogens is 4. The van der Waals surface area contributed by atoms with Crippen molar-refractivity contribution in [3.8, 4) is 0 Å². The molecule has 8 bridgehead atoms. The summed E-state index contributed by atoms with van der Waals surface area (Å²) in [5, 5.41) is 25.1. The van der Waals surface area contributed by atoms with Crippen LogP contribution in [0.5, 0.6) is 0 Å². The van der Waals surface area contributed by atoms with Crippen LogP contribution in [0.15, 0.2) is 194 Å². The van der Waals surface area contributed by atoms with Crippen molar-refractivity contribution >= 4 is 86.8 Å². The normalized spacial score (nSPS) is 12.7. The predicted molar refractivity (Wildman–Crippen MR) is 405 cm³/mol. The van der Waals surface area contributed by atoms with Gasteiger partial charge in [0.25, 0.3) is 0 Å². The molecule has 105 heavy (non-hydrogen) atoms. The van der Waals surface area contributed by atoms with Crippen molar-refractivity contribution in [3.63, 3.8) is 0 Å². The van der Waals surface area contributed by atoms with Gasteiger partial charge in [0.2, 0.25) is 53.2 Å². The standard InChI is InChI=1S/C81H91N15O9/c1-51(2)46-67(80(104)87-48-71(99)86-45-44-85-70(98)47-83-4)94-79(103)52(3)95(58-26-16-9-17-27-58)74(102)50-88-81(105)68(28-18-19-43-82)96(73(101)49-84-5)72(100)42-41-69(97)89-57-31-29-56(30-32-57)78-65-39-37-63(92-65)76(54-22-12-7-13-23-54)61-35-33-59(90-61)75(53-20-10-6-11-21-53)60-34-36-62(91-60)77(55-24-14-8-15-25-55)64-38-40-66(78)93-64/h6-17,20-27,29-40,51-52,67-68,83-84,90-93H,18-19,28,41-50,82H2,1-5H3,(H,85,98)(H,86,99)(H,87,104)(H,88,105)(H,89,97)(H,94,103)/t52-,67-,68-/m0/s1. The Labute approximate surface area is 608 Å². The molecule has 1 aliphatic heterocycles. The summed E-state index contributed by atoms with van der Waals surface area (Å²) >= 11 is 0. The zero-order valence-electron chi connectivity index (χ0n) is 59.6. The molecule has 9 amide bonds. The zero-order chi connectivity index (χ0) is 74.4. The molecule has 24 heteroatoms. The topological polar surface area (TPSA) is 346 Å². The summed E-state index contributed by atoms with van der Waals surface area (Å²) in [4.78, 5) is 141. The first-order valence-corrected chi connectivity index (χ1v) is 35.4. The first-order valence-electron chi connectivity index (χ1n) is 35.4. The number of imide groups is 1. The van der Waals surface area contributed by atoms with Gasteiger partial charge in [0.05, 0.1) is 26.2 Å². The van der Waals surface area contributed by atoms with Crippen LogP contribution in [0.4, 0.5) is 11.4 Å².